The number of rotatable bonds is 4. The van der Waals surface area contributed by atoms with Crippen molar-refractivity contribution < 1.29 is 9.72 Å². The fourth-order valence-corrected chi connectivity index (χ4v) is 2.33. The highest BCUT2D eigenvalue weighted by Crippen LogP contribution is 2.17. The lowest BCUT2D eigenvalue weighted by atomic mass is 9.99. The lowest BCUT2D eigenvalue weighted by Gasteiger charge is -2.30. The zero-order valence-corrected chi connectivity index (χ0v) is 12.4. The molecule has 0 spiro atoms. The minimum atomic E-state index is -0.506. The van der Waals surface area contributed by atoms with Crippen LogP contribution in [0.1, 0.15) is 19.8 Å². The third kappa shape index (κ3) is 3.98. The van der Waals surface area contributed by atoms with Gasteiger partial charge in [0.25, 0.3) is 5.69 Å². The van der Waals surface area contributed by atoms with Gasteiger partial charge in [-0.2, -0.15) is 0 Å². The minimum absolute atomic E-state index is 0.0501. The van der Waals surface area contributed by atoms with Crippen molar-refractivity contribution in [1.29, 1.82) is 0 Å². The van der Waals surface area contributed by atoms with Crippen LogP contribution in [-0.2, 0) is 4.79 Å². The van der Waals surface area contributed by atoms with Crippen molar-refractivity contribution in [1.82, 2.24) is 9.88 Å². The lowest BCUT2D eigenvalue weighted by molar-refractivity contribution is -0.385. The van der Waals surface area contributed by atoms with Crippen molar-refractivity contribution in [2.45, 2.75) is 19.8 Å². The van der Waals surface area contributed by atoms with E-state index >= 15 is 0 Å². The second-order valence-electron chi connectivity index (χ2n) is 5.54. The Balaban J connectivity index is 1.94. The molecule has 0 atom stereocenters. The summed E-state index contributed by atoms with van der Waals surface area (Å²) in [5, 5.41) is 10.6. The molecule has 0 saturated carbocycles. The number of hydrogen-bond donors (Lipinski definition) is 0. The number of carbonyl (C=O) groups is 1. The second kappa shape index (κ2) is 6.62. The van der Waals surface area contributed by atoms with Gasteiger partial charge in [-0.05, 0) is 37.9 Å². The summed E-state index contributed by atoms with van der Waals surface area (Å²) in [7, 11) is 1.64. The van der Waals surface area contributed by atoms with Crippen LogP contribution in [0.25, 0.3) is 0 Å². The first kappa shape index (κ1) is 15.4. The van der Waals surface area contributed by atoms with Crippen LogP contribution in [0.15, 0.2) is 18.3 Å². The topological polar surface area (TPSA) is 79.6 Å². The number of pyridine rings is 1. The summed E-state index contributed by atoms with van der Waals surface area (Å²) in [5.41, 5.74) is -0.0791. The van der Waals surface area contributed by atoms with E-state index in [4.69, 9.17) is 0 Å². The molecular weight excluding hydrogens is 272 g/mol. The molecule has 7 nitrogen and oxygen atoms in total. The number of nitro groups is 1. The Labute approximate surface area is 123 Å². The van der Waals surface area contributed by atoms with Gasteiger partial charge < -0.3 is 0 Å². The van der Waals surface area contributed by atoms with Crippen LogP contribution in [0, 0.1) is 16.0 Å². The predicted molar refractivity (Wildman–Crippen MR) is 79.1 cm³/mol. The van der Waals surface area contributed by atoms with Crippen LogP contribution in [0.5, 0.6) is 0 Å². The van der Waals surface area contributed by atoms with Gasteiger partial charge in [-0.1, -0.05) is 6.92 Å². The normalized spacial score (nSPS) is 16.7. The second-order valence-corrected chi connectivity index (χ2v) is 5.54. The van der Waals surface area contributed by atoms with Gasteiger partial charge in [0, 0.05) is 13.1 Å². The number of nitrogens with zero attached hydrogens (tertiary/aromatic N) is 4. The number of hydrogen-bond acceptors (Lipinski definition) is 5. The van der Waals surface area contributed by atoms with E-state index in [2.05, 4.69) is 16.8 Å². The predicted octanol–water partition coefficient (Wildman–Crippen LogP) is 1.68. The van der Waals surface area contributed by atoms with Gasteiger partial charge >= 0.3 is 0 Å². The maximum Gasteiger partial charge on any atom is 0.287 e. The van der Waals surface area contributed by atoms with E-state index < -0.39 is 4.92 Å². The van der Waals surface area contributed by atoms with E-state index in [1.54, 1.807) is 7.05 Å². The molecule has 7 heteroatoms. The highest BCUT2D eigenvalue weighted by Gasteiger charge is 2.21. The summed E-state index contributed by atoms with van der Waals surface area (Å²) in [5.74, 6) is 1.10. The number of amides is 1. The van der Waals surface area contributed by atoms with Crippen molar-refractivity contribution in [3.63, 3.8) is 0 Å². The molecule has 1 amide bonds. The van der Waals surface area contributed by atoms with Gasteiger partial charge in [0.05, 0.1) is 11.5 Å². The molecule has 1 fully saturated rings. The zero-order chi connectivity index (χ0) is 15.4. The van der Waals surface area contributed by atoms with Crippen LogP contribution >= 0.6 is 0 Å². The fourth-order valence-electron chi connectivity index (χ4n) is 2.33. The Morgan fingerprint density at radius 1 is 1.48 bits per heavy atom. The van der Waals surface area contributed by atoms with Gasteiger partial charge in [0.15, 0.2) is 0 Å². The van der Waals surface area contributed by atoms with Gasteiger partial charge in [0.1, 0.15) is 12.0 Å². The highest BCUT2D eigenvalue weighted by atomic mass is 16.6. The van der Waals surface area contributed by atoms with Crippen LogP contribution in [0.4, 0.5) is 11.5 Å². The average molecular weight is 292 g/mol. The van der Waals surface area contributed by atoms with Gasteiger partial charge in [-0.3, -0.25) is 24.7 Å². The molecule has 1 aromatic rings. The first-order valence-corrected chi connectivity index (χ1v) is 7.06. The summed E-state index contributed by atoms with van der Waals surface area (Å²) in [6.45, 7) is 4.47. The van der Waals surface area contributed by atoms with E-state index in [1.165, 1.54) is 23.2 Å². The Hall–Kier alpha value is -2.02. The number of piperidine rings is 1. The highest BCUT2D eigenvalue weighted by molar-refractivity contribution is 5.93. The number of likely N-dealkylation sites (tertiary alicyclic amines) is 1. The summed E-state index contributed by atoms with van der Waals surface area (Å²) >= 11 is 0. The number of aromatic nitrogens is 1. The molecule has 2 rings (SSSR count). The van der Waals surface area contributed by atoms with E-state index in [9.17, 15) is 14.9 Å². The lowest BCUT2D eigenvalue weighted by Crippen LogP contribution is -2.42. The standard InChI is InChI=1S/C14H20N4O3/c1-11-5-7-17(8-6-11)10-14(19)16(2)13-4-3-12(9-15-13)18(20)21/h3-4,9,11H,5-8,10H2,1-2H3. The molecule has 114 valence electrons. The van der Waals surface area contributed by atoms with Gasteiger partial charge in [-0.15, -0.1) is 0 Å². The van der Waals surface area contributed by atoms with Crippen LogP contribution in [0.2, 0.25) is 0 Å². The third-order valence-electron chi connectivity index (χ3n) is 3.90. The van der Waals surface area contributed by atoms with E-state index in [0.29, 0.717) is 12.4 Å². The molecule has 0 radical (unpaired) electrons. The maximum absolute atomic E-state index is 12.2. The van der Waals surface area contributed by atoms with Crippen LogP contribution in [0.3, 0.4) is 0 Å². The SMILES string of the molecule is CC1CCN(CC(=O)N(C)c2ccc([N+](=O)[O-])cn2)CC1. The van der Waals surface area contributed by atoms with Crippen LogP contribution < -0.4 is 4.90 Å². The van der Waals surface area contributed by atoms with Crippen molar-refractivity contribution >= 4 is 17.4 Å². The van der Waals surface area contributed by atoms with E-state index in [-0.39, 0.29) is 11.6 Å². The fraction of sp³-hybridized carbons (Fsp3) is 0.571. The van der Waals surface area contributed by atoms with Crippen LogP contribution in [-0.4, -0.2) is 47.4 Å². The molecule has 0 aliphatic carbocycles. The molecule has 1 aliphatic rings. The van der Waals surface area contributed by atoms with E-state index in [0.717, 1.165) is 31.8 Å². The summed E-state index contributed by atoms with van der Waals surface area (Å²) in [4.78, 5) is 29.9. The van der Waals surface area contributed by atoms with E-state index in [1.807, 2.05) is 0 Å². The molecule has 0 N–H and O–H groups in total. The monoisotopic (exact) mass is 292 g/mol. The maximum atomic E-state index is 12.2. The summed E-state index contributed by atoms with van der Waals surface area (Å²) in [6.07, 6.45) is 3.40. The molecule has 21 heavy (non-hydrogen) atoms. The smallest absolute Gasteiger partial charge is 0.287 e. The quantitative estimate of drug-likeness (QED) is 0.623. The largest absolute Gasteiger partial charge is 0.299 e. The Kier molecular flexibility index (Phi) is 4.85. The van der Waals surface area contributed by atoms with Crippen molar-refractivity contribution in [2.24, 2.45) is 5.92 Å². The van der Waals surface area contributed by atoms with Crippen molar-refractivity contribution in [3.05, 3.63) is 28.4 Å². The van der Waals surface area contributed by atoms with Gasteiger partial charge in [-0.25, -0.2) is 4.98 Å². The van der Waals surface area contributed by atoms with Crippen molar-refractivity contribution in [3.8, 4) is 0 Å². The van der Waals surface area contributed by atoms with Gasteiger partial charge in [0.2, 0.25) is 5.91 Å². The summed E-state index contributed by atoms with van der Waals surface area (Å²) in [6, 6.07) is 2.85. The number of carbonyl (C=O) groups excluding carboxylic acids is 1. The number of anilines is 1. The molecule has 0 unspecified atom stereocenters. The van der Waals surface area contributed by atoms with Crippen molar-refractivity contribution in [2.75, 3.05) is 31.6 Å². The Morgan fingerprint density at radius 2 is 2.14 bits per heavy atom. The first-order valence-electron chi connectivity index (χ1n) is 7.06. The molecule has 0 aromatic carbocycles. The molecule has 2 heterocycles. The zero-order valence-electron chi connectivity index (χ0n) is 12.4. The molecule has 1 saturated heterocycles. The summed E-state index contributed by atoms with van der Waals surface area (Å²) < 4.78 is 0. The molecule has 0 bridgehead atoms. The number of likely N-dealkylation sites (N-methyl/N-ethyl adjacent to an activating group) is 1. The minimum Gasteiger partial charge on any atom is -0.299 e. The Morgan fingerprint density at radius 3 is 2.67 bits per heavy atom. The molecular formula is C14H20N4O3. The Bertz CT molecular complexity index is 509. The molecule has 1 aliphatic heterocycles. The first-order chi connectivity index (χ1) is 9.97. The molecule has 1 aromatic heterocycles. The third-order valence-corrected chi connectivity index (χ3v) is 3.90. The average Bonchev–Trinajstić information content (AvgIpc) is 2.49.